The molecule has 1 aromatic carbocycles. The predicted molar refractivity (Wildman–Crippen MR) is 109 cm³/mol. The molecule has 2 aromatic heterocycles. The number of carboxylic acid groups (broad SMARTS) is 1. The van der Waals surface area contributed by atoms with Crippen LogP contribution in [-0.4, -0.2) is 30.8 Å². The van der Waals surface area contributed by atoms with Crippen LogP contribution in [0.4, 0.5) is 4.39 Å². The maximum absolute atomic E-state index is 13.3. The van der Waals surface area contributed by atoms with Crippen molar-refractivity contribution in [2.45, 2.75) is 51.7 Å². The minimum atomic E-state index is -0.967. The van der Waals surface area contributed by atoms with Crippen molar-refractivity contribution in [3.63, 3.8) is 0 Å². The van der Waals surface area contributed by atoms with Gasteiger partial charge in [0.15, 0.2) is 0 Å². The van der Waals surface area contributed by atoms with Gasteiger partial charge in [-0.05, 0) is 49.6 Å². The molecule has 1 aliphatic carbocycles. The van der Waals surface area contributed by atoms with Crippen molar-refractivity contribution in [1.29, 1.82) is 0 Å². The Morgan fingerprint density at radius 2 is 1.97 bits per heavy atom. The number of aromatic carboxylic acids is 1. The number of carboxylic acids is 1. The molecule has 2 N–H and O–H groups in total. The molecule has 0 saturated heterocycles. The van der Waals surface area contributed by atoms with Crippen LogP contribution in [0.15, 0.2) is 36.4 Å². The highest BCUT2D eigenvalue weighted by atomic mass is 19.1. The first-order chi connectivity index (χ1) is 14.5. The molecule has 30 heavy (non-hydrogen) atoms. The van der Waals surface area contributed by atoms with Gasteiger partial charge in [-0.15, -0.1) is 10.2 Å². The van der Waals surface area contributed by atoms with Crippen molar-refractivity contribution in [1.82, 2.24) is 25.1 Å². The summed E-state index contributed by atoms with van der Waals surface area (Å²) in [4.78, 5) is 15.6. The van der Waals surface area contributed by atoms with Gasteiger partial charge in [0.05, 0.1) is 24.3 Å². The first-order valence-corrected chi connectivity index (χ1v) is 10.1. The minimum absolute atomic E-state index is 0.228. The molecular weight excluding hydrogens is 385 g/mol. The highest BCUT2D eigenvalue weighted by Crippen LogP contribution is 2.35. The van der Waals surface area contributed by atoms with Crippen molar-refractivity contribution in [2.24, 2.45) is 0 Å². The van der Waals surface area contributed by atoms with Crippen LogP contribution in [0.5, 0.6) is 0 Å². The first-order valence-electron chi connectivity index (χ1n) is 10.1. The van der Waals surface area contributed by atoms with E-state index in [0.717, 1.165) is 30.1 Å². The molecular formula is C22H24FN5O2. The summed E-state index contributed by atoms with van der Waals surface area (Å²) in [6.45, 7) is 3.26. The SMILES string of the molecule is Cc1cc(C(=O)O)cc(CNCc2nnc(C3CCC3)n2Cc2ccc(F)cc2)n1. The van der Waals surface area contributed by atoms with Gasteiger partial charge in [0.25, 0.3) is 0 Å². The number of nitrogens with zero attached hydrogens (tertiary/aromatic N) is 4. The summed E-state index contributed by atoms with van der Waals surface area (Å²) < 4.78 is 15.4. The number of hydrogen-bond donors (Lipinski definition) is 2. The van der Waals surface area contributed by atoms with Gasteiger partial charge in [-0.25, -0.2) is 9.18 Å². The maximum Gasteiger partial charge on any atom is 0.335 e. The Labute approximate surface area is 174 Å². The first kappa shape index (κ1) is 20.2. The summed E-state index contributed by atoms with van der Waals surface area (Å²) in [5.74, 6) is 0.973. The van der Waals surface area contributed by atoms with E-state index >= 15 is 0 Å². The lowest BCUT2D eigenvalue weighted by Gasteiger charge is -2.25. The van der Waals surface area contributed by atoms with Crippen LogP contribution >= 0.6 is 0 Å². The third-order valence-corrected chi connectivity index (χ3v) is 5.42. The van der Waals surface area contributed by atoms with E-state index in [4.69, 9.17) is 0 Å². The lowest BCUT2D eigenvalue weighted by Crippen LogP contribution is -2.21. The molecule has 0 spiro atoms. The topological polar surface area (TPSA) is 92.9 Å². The predicted octanol–water partition coefficient (Wildman–Crippen LogP) is 3.42. The molecule has 0 amide bonds. The summed E-state index contributed by atoms with van der Waals surface area (Å²) in [6.07, 6.45) is 3.42. The number of carbonyl (C=O) groups is 1. The van der Waals surface area contributed by atoms with Crippen LogP contribution in [0.25, 0.3) is 0 Å². The maximum atomic E-state index is 13.3. The van der Waals surface area contributed by atoms with Gasteiger partial charge >= 0.3 is 5.97 Å². The van der Waals surface area contributed by atoms with Crippen molar-refractivity contribution < 1.29 is 14.3 Å². The number of hydrogen-bond acceptors (Lipinski definition) is 5. The van der Waals surface area contributed by atoms with Gasteiger partial charge < -0.3 is 15.0 Å². The van der Waals surface area contributed by atoms with Gasteiger partial charge in [0.1, 0.15) is 17.5 Å². The second kappa shape index (κ2) is 8.71. The molecule has 0 atom stereocenters. The van der Waals surface area contributed by atoms with Crippen LogP contribution < -0.4 is 5.32 Å². The largest absolute Gasteiger partial charge is 0.478 e. The lowest BCUT2D eigenvalue weighted by atomic mass is 9.85. The molecule has 156 valence electrons. The van der Waals surface area contributed by atoms with Gasteiger partial charge in [0, 0.05) is 18.2 Å². The average molecular weight is 409 g/mol. The van der Waals surface area contributed by atoms with Crippen LogP contribution in [0.1, 0.15) is 64.1 Å². The zero-order valence-electron chi connectivity index (χ0n) is 16.8. The van der Waals surface area contributed by atoms with Crippen LogP contribution in [0.3, 0.4) is 0 Å². The molecule has 7 nitrogen and oxygen atoms in total. The minimum Gasteiger partial charge on any atom is -0.478 e. The summed E-state index contributed by atoms with van der Waals surface area (Å²) >= 11 is 0. The zero-order valence-corrected chi connectivity index (χ0v) is 16.8. The third kappa shape index (κ3) is 4.54. The molecule has 1 saturated carbocycles. The molecule has 0 radical (unpaired) electrons. The lowest BCUT2D eigenvalue weighted by molar-refractivity contribution is 0.0696. The van der Waals surface area contributed by atoms with Gasteiger partial charge in [-0.1, -0.05) is 18.6 Å². The van der Waals surface area contributed by atoms with Crippen molar-refractivity contribution in [2.75, 3.05) is 0 Å². The number of nitrogens with one attached hydrogen (secondary N) is 1. The standard InChI is InChI=1S/C22H24FN5O2/c1-14-9-17(22(29)30)10-19(25-14)11-24-12-20-26-27-21(16-3-2-4-16)28(20)13-15-5-7-18(23)8-6-15/h5-10,16,24H,2-4,11-13H2,1H3,(H,29,30). The van der Waals surface area contributed by atoms with Crippen molar-refractivity contribution in [3.05, 3.63) is 76.4 Å². The molecule has 2 heterocycles. The van der Waals surface area contributed by atoms with E-state index in [1.54, 1.807) is 31.2 Å². The Morgan fingerprint density at radius 1 is 1.20 bits per heavy atom. The van der Waals surface area contributed by atoms with E-state index in [0.29, 0.717) is 36.9 Å². The second-order valence-electron chi connectivity index (χ2n) is 7.71. The fourth-order valence-electron chi connectivity index (χ4n) is 3.65. The van der Waals surface area contributed by atoms with Crippen LogP contribution in [-0.2, 0) is 19.6 Å². The molecule has 1 fully saturated rings. The zero-order chi connectivity index (χ0) is 21.1. The molecule has 8 heteroatoms. The summed E-state index contributed by atoms with van der Waals surface area (Å²) in [5.41, 5.74) is 2.55. The highest BCUT2D eigenvalue weighted by molar-refractivity contribution is 5.87. The summed E-state index contributed by atoms with van der Waals surface area (Å²) in [7, 11) is 0. The van der Waals surface area contributed by atoms with E-state index < -0.39 is 5.97 Å². The van der Waals surface area contributed by atoms with E-state index in [1.807, 2.05) is 0 Å². The van der Waals surface area contributed by atoms with Gasteiger partial charge in [-0.2, -0.15) is 0 Å². The second-order valence-corrected chi connectivity index (χ2v) is 7.71. The number of halogens is 1. The molecule has 0 aliphatic heterocycles. The Morgan fingerprint density at radius 3 is 2.63 bits per heavy atom. The van der Waals surface area contributed by atoms with Gasteiger partial charge in [0.2, 0.25) is 0 Å². The smallest absolute Gasteiger partial charge is 0.335 e. The quantitative estimate of drug-likeness (QED) is 0.592. The Balaban J connectivity index is 1.49. The third-order valence-electron chi connectivity index (χ3n) is 5.42. The van der Waals surface area contributed by atoms with Crippen molar-refractivity contribution in [3.8, 4) is 0 Å². The van der Waals surface area contributed by atoms with Crippen LogP contribution in [0, 0.1) is 12.7 Å². The summed E-state index contributed by atoms with van der Waals surface area (Å²) in [5, 5.41) is 21.3. The number of benzene rings is 1. The molecule has 3 aromatic rings. The average Bonchev–Trinajstić information content (AvgIpc) is 3.04. The monoisotopic (exact) mass is 409 g/mol. The molecule has 0 unspecified atom stereocenters. The molecule has 4 rings (SSSR count). The molecule has 0 bridgehead atoms. The number of aromatic nitrogens is 4. The Kier molecular flexibility index (Phi) is 5.85. The number of aryl methyl sites for hydroxylation is 1. The fourth-order valence-corrected chi connectivity index (χ4v) is 3.65. The number of pyridine rings is 1. The van der Waals surface area contributed by atoms with Gasteiger partial charge in [-0.3, -0.25) is 4.98 Å². The summed E-state index contributed by atoms with van der Waals surface area (Å²) in [6, 6.07) is 9.61. The van der Waals surface area contributed by atoms with E-state index in [1.165, 1.54) is 18.6 Å². The van der Waals surface area contributed by atoms with E-state index in [2.05, 4.69) is 25.1 Å². The van der Waals surface area contributed by atoms with E-state index in [9.17, 15) is 14.3 Å². The Hall–Kier alpha value is -3.13. The highest BCUT2D eigenvalue weighted by Gasteiger charge is 2.26. The normalized spacial score (nSPS) is 13.9. The number of rotatable bonds is 8. The Bertz CT molecular complexity index is 1040. The fraction of sp³-hybridized carbons (Fsp3) is 0.364. The van der Waals surface area contributed by atoms with E-state index in [-0.39, 0.29) is 11.4 Å². The van der Waals surface area contributed by atoms with Crippen LogP contribution in [0.2, 0.25) is 0 Å². The molecule has 1 aliphatic rings. The van der Waals surface area contributed by atoms with Crippen molar-refractivity contribution >= 4 is 5.97 Å².